The van der Waals surface area contributed by atoms with Crippen LogP contribution in [0.25, 0.3) is 21.9 Å². The second kappa shape index (κ2) is 8.84. The summed E-state index contributed by atoms with van der Waals surface area (Å²) >= 11 is 0. The van der Waals surface area contributed by atoms with Gasteiger partial charge in [-0.15, -0.1) is 0 Å². The monoisotopic (exact) mass is 464 g/mol. The molecule has 1 aromatic heterocycles. The van der Waals surface area contributed by atoms with Gasteiger partial charge in [0.05, 0.1) is 11.5 Å². The zero-order chi connectivity index (χ0) is 24.8. The van der Waals surface area contributed by atoms with Gasteiger partial charge in [0.2, 0.25) is 5.43 Å². The molecule has 0 amide bonds. The highest BCUT2D eigenvalue weighted by atomic mass is 16.5. The van der Waals surface area contributed by atoms with Crippen molar-refractivity contribution in [2.24, 2.45) is 0 Å². The van der Waals surface area contributed by atoms with E-state index >= 15 is 0 Å². The summed E-state index contributed by atoms with van der Waals surface area (Å²) in [6, 6.07) is 4.37. The lowest BCUT2D eigenvalue weighted by Gasteiger charge is -2.38. The Morgan fingerprint density at radius 2 is 1.91 bits per heavy atom. The summed E-state index contributed by atoms with van der Waals surface area (Å²) in [6.45, 7) is 9.66. The third-order valence-corrected chi connectivity index (χ3v) is 6.53. The molecule has 0 spiro atoms. The number of aliphatic hydroxyl groups excluding tert-OH is 1. The van der Waals surface area contributed by atoms with E-state index in [1.807, 2.05) is 13.0 Å². The second-order valence-corrected chi connectivity index (χ2v) is 9.95. The van der Waals surface area contributed by atoms with Crippen LogP contribution in [0.1, 0.15) is 58.6 Å². The summed E-state index contributed by atoms with van der Waals surface area (Å²) in [6.07, 6.45) is 5.69. The molecular weight excluding hydrogens is 432 g/mol. The molecule has 0 saturated carbocycles. The van der Waals surface area contributed by atoms with Gasteiger partial charge in [-0.1, -0.05) is 23.3 Å². The van der Waals surface area contributed by atoms with Crippen LogP contribution < -0.4 is 10.2 Å². The third-order valence-electron chi connectivity index (χ3n) is 6.53. The van der Waals surface area contributed by atoms with Gasteiger partial charge in [-0.25, -0.2) is 0 Å². The molecule has 0 aliphatic carbocycles. The summed E-state index contributed by atoms with van der Waals surface area (Å²) in [5.74, 6) is 0.167. The maximum Gasteiger partial charge on any atom is 0.204 e. The number of rotatable bonds is 5. The lowest BCUT2D eigenvalue weighted by Crippen LogP contribution is -2.46. The summed E-state index contributed by atoms with van der Waals surface area (Å²) in [5, 5.41) is 32.3. The normalized spacial score (nSPS) is 17.5. The molecule has 3 aromatic rings. The second-order valence-electron chi connectivity index (χ2n) is 9.95. The zero-order valence-corrected chi connectivity index (χ0v) is 20.4. The van der Waals surface area contributed by atoms with Gasteiger partial charge in [0, 0.05) is 17.5 Å². The number of ether oxygens (including phenoxy) is 1. The molecule has 0 fully saturated rings. The smallest absolute Gasteiger partial charge is 0.204 e. The van der Waals surface area contributed by atoms with Crippen LogP contribution in [0.3, 0.4) is 0 Å². The molecule has 1 atom stereocenters. The number of aromatic hydroxyl groups is 2. The van der Waals surface area contributed by atoms with E-state index in [4.69, 9.17) is 9.15 Å². The standard InChI is InChI=1S/C28H32O6/c1-15(2)7-6-8-16(3)9-11-18-24(31)20-14-22(30)28(4,5)34-27(20)23-25(32)19-13-17(29)10-12-21(19)33-26(18)23/h7,9-10,12-13,22,29-31H,6,8,11,14H2,1-5H3/t22-/m0/s1. The molecule has 2 aromatic carbocycles. The first kappa shape index (κ1) is 23.9. The minimum Gasteiger partial charge on any atom is -0.508 e. The Kier molecular flexibility index (Phi) is 6.21. The molecule has 1 aliphatic rings. The topological polar surface area (TPSA) is 100 Å². The molecular formula is C28H32O6. The fourth-order valence-corrected chi connectivity index (χ4v) is 4.38. The van der Waals surface area contributed by atoms with E-state index in [1.54, 1.807) is 19.9 Å². The minimum absolute atomic E-state index is 0.0216. The van der Waals surface area contributed by atoms with Crippen LogP contribution in [0.4, 0.5) is 0 Å². The van der Waals surface area contributed by atoms with Gasteiger partial charge in [0.1, 0.15) is 39.4 Å². The van der Waals surface area contributed by atoms with E-state index in [2.05, 4.69) is 19.9 Å². The lowest BCUT2D eigenvalue weighted by molar-refractivity contribution is -0.0406. The number of benzene rings is 2. The Balaban J connectivity index is 1.95. The predicted octanol–water partition coefficient (Wildman–Crippen LogP) is 5.67. The van der Waals surface area contributed by atoms with Gasteiger partial charge in [-0.3, -0.25) is 4.79 Å². The Morgan fingerprint density at radius 3 is 2.62 bits per heavy atom. The van der Waals surface area contributed by atoms with E-state index in [-0.39, 0.29) is 45.5 Å². The number of hydrogen-bond acceptors (Lipinski definition) is 6. The van der Waals surface area contributed by atoms with Gasteiger partial charge in [0.25, 0.3) is 0 Å². The SMILES string of the molecule is CC(C)=CCCC(C)=CCc1c(O)c2c(c3c(=O)c4cc(O)ccc4oc13)OC(C)(C)[C@@H](O)C2. The Labute approximate surface area is 198 Å². The summed E-state index contributed by atoms with van der Waals surface area (Å²) in [4.78, 5) is 13.6. The van der Waals surface area contributed by atoms with Crippen molar-refractivity contribution < 1.29 is 24.5 Å². The third kappa shape index (κ3) is 4.30. The van der Waals surface area contributed by atoms with Gasteiger partial charge in [-0.05, 0) is 72.1 Å². The first-order valence-electron chi connectivity index (χ1n) is 11.6. The average Bonchev–Trinajstić information content (AvgIpc) is 2.75. The van der Waals surface area contributed by atoms with Crippen molar-refractivity contribution >= 4 is 21.9 Å². The fraction of sp³-hybridized carbons (Fsp3) is 0.393. The first-order valence-corrected chi connectivity index (χ1v) is 11.6. The lowest BCUT2D eigenvalue weighted by atomic mass is 9.87. The van der Waals surface area contributed by atoms with Crippen LogP contribution in [0.2, 0.25) is 0 Å². The van der Waals surface area contributed by atoms with Crippen LogP contribution in [0.15, 0.2) is 50.7 Å². The largest absolute Gasteiger partial charge is 0.508 e. The van der Waals surface area contributed by atoms with Crippen LogP contribution in [0, 0.1) is 0 Å². The number of phenols is 2. The van der Waals surface area contributed by atoms with E-state index in [1.165, 1.54) is 17.7 Å². The molecule has 6 nitrogen and oxygen atoms in total. The molecule has 1 aliphatic heterocycles. The van der Waals surface area contributed by atoms with E-state index in [0.29, 0.717) is 23.1 Å². The Hall–Kier alpha value is -3.25. The van der Waals surface area contributed by atoms with Crippen LogP contribution in [-0.4, -0.2) is 27.0 Å². The molecule has 3 N–H and O–H groups in total. The van der Waals surface area contributed by atoms with Gasteiger partial charge in [0.15, 0.2) is 0 Å². The number of aliphatic hydroxyl groups is 1. The zero-order valence-electron chi connectivity index (χ0n) is 20.4. The highest BCUT2D eigenvalue weighted by Gasteiger charge is 2.40. The Bertz CT molecular complexity index is 1390. The Morgan fingerprint density at radius 1 is 1.18 bits per heavy atom. The summed E-state index contributed by atoms with van der Waals surface area (Å²) in [7, 11) is 0. The summed E-state index contributed by atoms with van der Waals surface area (Å²) < 4.78 is 12.2. The molecule has 6 heteroatoms. The van der Waals surface area contributed by atoms with E-state index in [0.717, 1.165) is 18.4 Å². The van der Waals surface area contributed by atoms with Gasteiger partial charge in [-0.2, -0.15) is 0 Å². The van der Waals surface area contributed by atoms with Gasteiger partial charge < -0.3 is 24.5 Å². The number of phenolic OH excluding ortho intramolecular Hbond substituents is 2. The van der Waals surface area contributed by atoms with E-state index in [9.17, 15) is 20.1 Å². The number of allylic oxidation sites excluding steroid dienone is 4. The molecule has 0 bridgehead atoms. The van der Waals surface area contributed by atoms with Crippen molar-refractivity contribution in [2.45, 2.75) is 72.0 Å². The number of hydrogen-bond donors (Lipinski definition) is 3. The molecule has 0 radical (unpaired) electrons. The van der Waals surface area contributed by atoms with Crippen molar-refractivity contribution in [1.29, 1.82) is 0 Å². The maximum atomic E-state index is 13.6. The molecule has 180 valence electrons. The molecule has 34 heavy (non-hydrogen) atoms. The molecule has 4 rings (SSSR count). The maximum absolute atomic E-state index is 13.6. The molecule has 0 saturated heterocycles. The highest BCUT2D eigenvalue weighted by Crippen LogP contribution is 2.46. The predicted molar refractivity (Wildman–Crippen MR) is 134 cm³/mol. The van der Waals surface area contributed by atoms with Crippen molar-refractivity contribution in [3.8, 4) is 17.2 Å². The van der Waals surface area contributed by atoms with Crippen molar-refractivity contribution in [3.63, 3.8) is 0 Å². The van der Waals surface area contributed by atoms with Crippen molar-refractivity contribution in [2.75, 3.05) is 0 Å². The number of fused-ring (bicyclic) bond motifs is 4. The van der Waals surface area contributed by atoms with Crippen LogP contribution in [0.5, 0.6) is 17.2 Å². The quantitative estimate of drug-likeness (QED) is 0.332. The van der Waals surface area contributed by atoms with Crippen molar-refractivity contribution in [3.05, 3.63) is 62.8 Å². The fourth-order valence-electron chi connectivity index (χ4n) is 4.38. The molecule has 0 unspecified atom stereocenters. The average molecular weight is 465 g/mol. The minimum atomic E-state index is -0.949. The first-order chi connectivity index (χ1) is 16.0. The molecule has 2 heterocycles. The van der Waals surface area contributed by atoms with Crippen LogP contribution in [-0.2, 0) is 12.8 Å². The highest BCUT2D eigenvalue weighted by molar-refractivity contribution is 5.97. The van der Waals surface area contributed by atoms with E-state index < -0.39 is 11.7 Å². The van der Waals surface area contributed by atoms with Gasteiger partial charge >= 0.3 is 0 Å². The summed E-state index contributed by atoms with van der Waals surface area (Å²) in [5.41, 5.74) is 2.60. The van der Waals surface area contributed by atoms with Crippen LogP contribution >= 0.6 is 0 Å². The van der Waals surface area contributed by atoms with Crippen molar-refractivity contribution in [1.82, 2.24) is 0 Å².